The lowest BCUT2D eigenvalue weighted by Gasteiger charge is -2.06. The number of carbonyl (C=O) groups is 1. The number of alkyl halides is 3. The molecule has 8 heteroatoms. The maximum Gasteiger partial charge on any atom is 0.416 e. The van der Waals surface area contributed by atoms with E-state index in [1.807, 2.05) is 0 Å². The number of hydrogen-bond donors (Lipinski definition) is 1. The van der Waals surface area contributed by atoms with Crippen molar-refractivity contribution in [3.8, 4) is 17.2 Å². The zero-order valence-electron chi connectivity index (χ0n) is 14.1. The molecule has 0 aliphatic rings. The smallest absolute Gasteiger partial charge is 0.416 e. The number of nitrogens with zero attached hydrogens (tertiary/aromatic N) is 1. The van der Waals surface area contributed by atoms with Gasteiger partial charge in [0, 0.05) is 5.56 Å². The van der Waals surface area contributed by atoms with Gasteiger partial charge in [-0.2, -0.15) is 13.2 Å². The zero-order valence-corrected chi connectivity index (χ0v) is 14.1. The third kappa shape index (κ3) is 4.28. The lowest BCUT2D eigenvalue weighted by Crippen LogP contribution is -2.03. The quantitative estimate of drug-likeness (QED) is 0.681. The summed E-state index contributed by atoms with van der Waals surface area (Å²) in [4.78, 5) is 15.0. The zero-order chi connectivity index (χ0) is 19.6. The molecule has 0 saturated heterocycles. The predicted molar refractivity (Wildman–Crippen MR) is 89.4 cm³/mol. The lowest BCUT2D eigenvalue weighted by atomic mass is 10.1. The Balaban J connectivity index is 1.71. The third-order valence-electron chi connectivity index (χ3n) is 3.82. The molecule has 0 aliphatic heterocycles. The van der Waals surface area contributed by atoms with Crippen molar-refractivity contribution in [3.05, 3.63) is 71.1 Å². The van der Waals surface area contributed by atoms with Crippen LogP contribution in [0.4, 0.5) is 13.2 Å². The Labute approximate surface area is 152 Å². The van der Waals surface area contributed by atoms with E-state index in [2.05, 4.69) is 4.98 Å². The van der Waals surface area contributed by atoms with E-state index < -0.39 is 17.7 Å². The summed E-state index contributed by atoms with van der Waals surface area (Å²) in [6, 6.07) is 10.4. The molecule has 0 bridgehead atoms. The molecule has 0 radical (unpaired) electrons. The number of carboxylic acids is 1. The highest BCUT2D eigenvalue weighted by Gasteiger charge is 2.30. The number of hydrogen-bond acceptors (Lipinski definition) is 4. The van der Waals surface area contributed by atoms with Gasteiger partial charge in [0.1, 0.15) is 12.4 Å². The first-order valence-corrected chi connectivity index (χ1v) is 7.84. The van der Waals surface area contributed by atoms with Crippen molar-refractivity contribution in [1.82, 2.24) is 4.98 Å². The van der Waals surface area contributed by atoms with Gasteiger partial charge < -0.3 is 14.3 Å². The van der Waals surface area contributed by atoms with Crippen molar-refractivity contribution in [2.24, 2.45) is 0 Å². The molecule has 0 saturated carbocycles. The van der Waals surface area contributed by atoms with Crippen molar-refractivity contribution in [3.63, 3.8) is 0 Å². The van der Waals surface area contributed by atoms with Gasteiger partial charge >= 0.3 is 12.1 Å². The summed E-state index contributed by atoms with van der Waals surface area (Å²) < 4.78 is 49.0. The second-order valence-electron chi connectivity index (χ2n) is 5.72. The molecule has 0 atom stereocenters. The molecule has 3 aromatic rings. The molecule has 27 heavy (non-hydrogen) atoms. The van der Waals surface area contributed by atoms with E-state index in [0.717, 1.165) is 12.1 Å². The minimum Gasteiger partial charge on any atom is -0.486 e. The second-order valence-corrected chi connectivity index (χ2v) is 5.72. The fraction of sp³-hybridized carbons (Fsp3) is 0.158. The van der Waals surface area contributed by atoms with Crippen LogP contribution in [-0.2, 0) is 12.8 Å². The molecule has 0 amide bonds. The summed E-state index contributed by atoms with van der Waals surface area (Å²) >= 11 is 0. The number of aryl methyl sites for hydroxylation is 1. The fourth-order valence-corrected chi connectivity index (χ4v) is 2.33. The highest BCUT2D eigenvalue weighted by atomic mass is 19.4. The Morgan fingerprint density at radius 1 is 1.11 bits per heavy atom. The number of oxazole rings is 1. The van der Waals surface area contributed by atoms with Crippen LogP contribution >= 0.6 is 0 Å². The van der Waals surface area contributed by atoms with Crippen LogP contribution in [0, 0.1) is 6.92 Å². The second kappa shape index (κ2) is 7.14. The molecule has 1 aromatic heterocycles. The number of halogens is 3. The Morgan fingerprint density at radius 2 is 1.74 bits per heavy atom. The maximum atomic E-state index is 12.6. The average molecular weight is 377 g/mol. The van der Waals surface area contributed by atoms with Crippen molar-refractivity contribution >= 4 is 5.97 Å². The van der Waals surface area contributed by atoms with Crippen LogP contribution < -0.4 is 4.74 Å². The van der Waals surface area contributed by atoms with Crippen LogP contribution in [0.25, 0.3) is 11.5 Å². The van der Waals surface area contributed by atoms with E-state index in [9.17, 15) is 18.0 Å². The van der Waals surface area contributed by atoms with Crippen LogP contribution in [0.1, 0.15) is 27.4 Å². The highest BCUT2D eigenvalue weighted by Crippen LogP contribution is 2.31. The molecule has 1 N–H and O–H groups in total. The van der Waals surface area contributed by atoms with Crippen molar-refractivity contribution in [1.29, 1.82) is 0 Å². The van der Waals surface area contributed by atoms with Gasteiger partial charge in [0.15, 0.2) is 5.76 Å². The van der Waals surface area contributed by atoms with Crippen LogP contribution in [0.2, 0.25) is 0 Å². The van der Waals surface area contributed by atoms with E-state index in [-0.39, 0.29) is 18.1 Å². The van der Waals surface area contributed by atoms with Gasteiger partial charge in [-0.25, -0.2) is 9.78 Å². The third-order valence-corrected chi connectivity index (χ3v) is 3.82. The average Bonchev–Trinajstić information content (AvgIpc) is 3.00. The van der Waals surface area contributed by atoms with Gasteiger partial charge in [-0.15, -0.1) is 0 Å². The molecule has 0 aliphatic carbocycles. The van der Waals surface area contributed by atoms with Crippen molar-refractivity contribution in [2.75, 3.05) is 0 Å². The van der Waals surface area contributed by atoms with E-state index in [1.165, 1.54) is 36.4 Å². The molecular weight excluding hydrogens is 363 g/mol. The molecule has 0 spiro atoms. The lowest BCUT2D eigenvalue weighted by molar-refractivity contribution is -0.137. The first-order valence-electron chi connectivity index (χ1n) is 7.84. The van der Waals surface area contributed by atoms with Gasteiger partial charge in [-0.1, -0.05) is 0 Å². The summed E-state index contributed by atoms with van der Waals surface area (Å²) in [5.41, 5.74) is 0.362. The summed E-state index contributed by atoms with van der Waals surface area (Å²) in [5.74, 6) is 0.0361. The molecule has 2 aromatic carbocycles. The summed E-state index contributed by atoms with van der Waals surface area (Å²) in [5, 5.41) is 8.87. The van der Waals surface area contributed by atoms with Gasteiger partial charge in [0.2, 0.25) is 5.89 Å². The molecule has 5 nitrogen and oxygen atoms in total. The fourth-order valence-electron chi connectivity index (χ4n) is 2.33. The van der Waals surface area contributed by atoms with Gasteiger partial charge in [-0.3, -0.25) is 0 Å². The Bertz CT molecular complexity index is 945. The minimum absolute atomic E-state index is 0.0475. The first-order chi connectivity index (χ1) is 12.7. The van der Waals surface area contributed by atoms with Gasteiger partial charge in [0.25, 0.3) is 0 Å². The Hall–Kier alpha value is -3.29. The van der Waals surface area contributed by atoms with Gasteiger partial charge in [-0.05, 0) is 55.5 Å². The topological polar surface area (TPSA) is 72.6 Å². The molecule has 1 heterocycles. The molecule has 0 fully saturated rings. The van der Waals surface area contributed by atoms with Crippen molar-refractivity contribution in [2.45, 2.75) is 19.7 Å². The van der Waals surface area contributed by atoms with Crippen LogP contribution in [0.15, 0.2) is 52.9 Å². The number of ether oxygens (including phenoxy) is 1. The van der Waals surface area contributed by atoms with E-state index in [1.54, 1.807) is 6.92 Å². The van der Waals surface area contributed by atoms with E-state index in [4.69, 9.17) is 14.3 Å². The number of aromatic nitrogens is 1. The standard InChI is InChI=1S/C19H14F3NO4/c1-11-16(10-26-15-8-4-13(5-9-15)18(24)25)27-17(23-11)12-2-6-14(7-3-12)19(20,21)22/h2-9H,10H2,1H3,(H,24,25). The van der Waals surface area contributed by atoms with Crippen molar-refractivity contribution < 1.29 is 32.2 Å². The van der Waals surface area contributed by atoms with E-state index >= 15 is 0 Å². The molecular formula is C19H14F3NO4. The number of carboxylic acid groups (broad SMARTS) is 1. The normalized spacial score (nSPS) is 11.4. The Morgan fingerprint density at radius 3 is 2.30 bits per heavy atom. The summed E-state index contributed by atoms with van der Waals surface area (Å²) in [7, 11) is 0. The summed E-state index contributed by atoms with van der Waals surface area (Å²) in [6.45, 7) is 1.75. The highest BCUT2D eigenvalue weighted by molar-refractivity contribution is 5.87. The SMILES string of the molecule is Cc1nc(-c2ccc(C(F)(F)F)cc2)oc1COc1ccc(C(=O)O)cc1. The van der Waals surface area contributed by atoms with Crippen LogP contribution in [-0.4, -0.2) is 16.1 Å². The minimum atomic E-state index is -4.40. The van der Waals surface area contributed by atoms with Crippen LogP contribution in [0.3, 0.4) is 0 Å². The molecule has 3 rings (SSSR count). The molecule has 0 unspecified atom stereocenters. The summed E-state index contributed by atoms with van der Waals surface area (Å²) in [6.07, 6.45) is -4.40. The number of aromatic carboxylic acids is 1. The number of benzene rings is 2. The van der Waals surface area contributed by atoms with Gasteiger partial charge in [0.05, 0.1) is 16.8 Å². The Kier molecular flexibility index (Phi) is 4.89. The largest absolute Gasteiger partial charge is 0.486 e. The number of rotatable bonds is 5. The molecule has 140 valence electrons. The van der Waals surface area contributed by atoms with Crippen LogP contribution in [0.5, 0.6) is 5.75 Å². The first kappa shape index (κ1) is 18.5. The monoisotopic (exact) mass is 377 g/mol. The predicted octanol–water partition coefficient (Wildman–Crippen LogP) is 4.95. The van der Waals surface area contributed by atoms with E-state index in [0.29, 0.717) is 22.8 Å². The maximum absolute atomic E-state index is 12.6.